The van der Waals surface area contributed by atoms with Crippen molar-refractivity contribution in [1.82, 2.24) is 0 Å². The van der Waals surface area contributed by atoms with Gasteiger partial charge in [0.1, 0.15) is 0 Å². The maximum Gasteiger partial charge on any atom is 0.237 e. The lowest BCUT2D eigenvalue weighted by Gasteiger charge is -2.15. The molecule has 2 heterocycles. The molecule has 1 fully saturated rings. The lowest BCUT2D eigenvalue weighted by atomic mass is 9.97. The molecule has 2 aliphatic rings. The summed E-state index contributed by atoms with van der Waals surface area (Å²) >= 11 is 5.96. The number of nitrogens with zero attached hydrogens (tertiary/aromatic N) is 1. The molecule has 4 rings (SSSR count). The van der Waals surface area contributed by atoms with Crippen LogP contribution < -0.4 is 14.4 Å². The van der Waals surface area contributed by atoms with Crippen molar-refractivity contribution in [3.8, 4) is 11.5 Å². The minimum absolute atomic E-state index is 0.194. The van der Waals surface area contributed by atoms with Crippen molar-refractivity contribution in [2.75, 3.05) is 11.7 Å². The van der Waals surface area contributed by atoms with Crippen molar-refractivity contribution in [2.24, 2.45) is 5.92 Å². The summed E-state index contributed by atoms with van der Waals surface area (Å²) < 4.78 is 10.6. The zero-order valence-corrected chi connectivity index (χ0v) is 13.5. The Morgan fingerprint density at radius 3 is 2.75 bits per heavy atom. The first-order valence-electron chi connectivity index (χ1n) is 7.63. The highest BCUT2D eigenvalue weighted by Crippen LogP contribution is 2.35. The average molecular weight is 344 g/mol. The second kappa shape index (κ2) is 5.83. The number of hydrogen-bond acceptors (Lipinski definition) is 4. The molecule has 0 N–H and O–H groups in total. The third-order valence-corrected chi connectivity index (χ3v) is 4.46. The van der Waals surface area contributed by atoms with E-state index in [9.17, 15) is 9.59 Å². The van der Waals surface area contributed by atoms with E-state index in [4.69, 9.17) is 21.1 Å². The SMILES string of the molecule is O=C1CC(Cc2ccc3c(c2)OCO3)C(=O)N1c1cccc(Cl)c1. The predicted molar refractivity (Wildman–Crippen MR) is 88.3 cm³/mol. The number of amides is 2. The van der Waals surface area contributed by atoms with Crippen LogP contribution in [0.5, 0.6) is 11.5 Å². The Morgan fingerprint density at radius 2 is 1.92 bits per heavy atom. The van der Waals surface area contributed by atoms with Crippen LogP contribution in [0.2, 0.25) is 5.02 Å². The van der Waals surface area contributed by atoms with Crippen LogP contribution in [0.15, 0.2) is 42.5 Å². The van der Waals surface area contributed by atoms with Crippen molar-refractivity contribution in [3.63, 3.8) is 0 Å². The maximum atomic E-state index is 12.7. The molecule has 0 radical (unpaired) electrons. The number of imide groups is 1. The smallest absolute Gasteiger partial charge is 0.237 e. The van der Waals surface area contributed by atoms with Crippen molar-refractivity contribution < 1.29 is 19.1 Å². The summed E-state index contributed by atoms with van der Waals surface area (Å²) in [7, 11) is 0. The highest BCUT2D eigenvalue weighted by atomic mass is 35.5. The van der Waals surface area contributed by atoms with Crippen LogP contribution in [0.25, 0.3) is 0 Å². The fraction of sp³-hybridized carbons (Fsp3) is 0.222. The molecule has 2 amide bonds. The van der Waals surface area contributed by atoms with Gasteiger partial charge in [0.25, 0.3) is 0 Å². The van der Waals surface area contributed by atoms with Crippen molar-refractivity contribution >= 4 is 29.1 Å². The number of halogens is 1. The van der Waals surface area contributed by atoms with Gasteiger partial charge >= 0.3 is 0 Å². The molecular weight excluding hydrogens is 330 g/mol. The standard InChI is InChI=1S/C18H14ClNO4/c19-13-2-1-3-14(9-13)20-17(21)8-12(18(20)22)6-11-4-5-15-16(7-11)24-10-23-15/h1-5,7,9,12H,6,8,10H2. The fourth-order valence-electron chi connectivity index (χ4n) is 3.09. The molecule has 0 saturated carbocycles. The van der Waals surface area contributed by atoms with Crippen LogP contribution in [0.1, 0.15) is 12.0 Å². The van der Waals surface area contributed by atoms with E-state index in [1.165, 1.54) is 4.90 Å². The van der Waals surface area contributed by atoms with Gasteiger partial charge < -0.3 is 9.47 Å². The molecule has 122 valence electrons. The second-order valence-electron chi connectivity index (χ2n) is 5.84. The summed E-state index contributed by atoms with van der Waals surface area (Å²) in [5, 5.41) is 0.493. The van der Waals surface area contributed by atoms with E-state index in [-0.39, 0.29) is 30.9 Å². The van der Waals surface area contributed by atoms with Crippen LogP contribution in [0.4, 0.5) is 5.69 Å². The fourth-order valence-corrected chi connectivity index (χ4v) is 3.28. The third kappa shape index (κ3) is 2.61. The molecule has 6 heteroatoms. The maximum absolute atomic E-state index is 12.7. The van der Waals surface area contributed by atoms with E-state index < -0.39 is 0 Å². The molecule has 1 saturated heterocycles. The minimum Gasteiger partial charge on any atom is -0.454 e. The Balaban J connectivity index is 1.55. The first-order chi connectivity index (χ1) is 11.6. The van der Waals surface area contributed by atoms with Gasteiger partial charge in [-0.05, 0) is 42.3 Å². The Bertz CT molecular complexity index is 836. The summed E-state index contributed by atoms with van der Waals surface area (Å²) in [5.74, 6) is 0.605. The number of hydrogen-bond donors (Lipinski definition) is 0. The number of anilines is 1. The molecule has 2 aromatic rings. The Labute approximate surface area is 143 Å². The van der Waals surface area contributed by atoms with E-state index in [1.807, 2.05) is 18.2 Å². The number of benzene rings is 2. The van der Waals surface area contributed by atoms with Crippen LogP contribution in [-0.2, 0) is 16.0 Å². The molecular formula is C18H14ClNO4. The molecule has 0 spiro atoms. The zero-order valence-electron chi connectivity index (χ0n) is 12.7. The van der Waals surface area contributed by atoms with Crippen molar-refractivity contribution in [2.45, 2.75) is 12.8 Å². The van der Waals surface area contributed by atoms with E-state index >= 15 is 0 Å². The van der Waals surface area contributed by atoms with Gasteiger partial charge in [0, 0.05) is 11.4 Å². The van der Waals surface area contributed by atoms with Gasteiger partial charge in [0.15, 0.2) is 11.5 Å². The van der Waals surface area contributed by atoms with Gasteiger partial charge in [-0.2, -0.15) is 0 Å². The summed E-state index contributed by atoms with van der Waals surface area (Å²) in [6, 6.07) is 12.4. The number of ether oxygens (including phenoxy) is 2. The molecule has 0 aliphatic carbocycles. The molecule has 2 aromatic carbocycles. The quantitative estimate of drug-likeness (QED) is 0.803. The Morgan fingerprint density at radius 1 is 1.08 bits per heavy atom. The van der Waals surface area contributed by atoms with E-state index in [1.54, 1.807) is 24.3 Å². The molecule has 1 unspecified atom stereocenters. The monoisotopic (exact) mass is 343 g/mol. The summed E-state index contributed by atoms with van der Waals surface area (Å²) in [4.78, 5) is 26.2. The topological polar surface area (TPSA) is 55.8 Å². The predicted octanol–water partition coefficient (Wildman–Crippen LogP) is 3.19. The number of carbonyl (C=O) groups excluding carboxylic acids is 2. The average Bonchev–Trinajstić information content (AvgIpc) is 3.12. The molecule has 5 nitrogen and oxygen atoms in total. The van der Waals surface area contributed by atoms with Crippen LogP contribution >= 0.6 is 11.6 Å². The van der Waals surface area contributed by atoms with Gasteiger partial charge in [0.2, 0.25) is 18.6 Å². The molecule has 0 bridgehead atoms. The minimum atomic E-state index is -0.378. The summed E-state index contributed by atoms with van der Waals surface area (Å²) in [5.41, 5.74) is 1.46. The van der Waals surface area contributed by atoms with E-state index in [0.29, 0.717) is 28.6 Å². The normalized spacial score (nSPS) is 19.2. The number of fused-ring (bicyclic) bond motifs is 1. The molecule has 1 atom stereocenters. The first kappa shape index (κ1) is 15.0. The highest BCUT2D eigenvalue weighted by molar-refractivity contribution is 6.31. The molecule has 2 aliphatic heterocycles. The van der Waals surface area contributed by atoms with E-state index in [0.717, 1.165) is 5.56 Å². The van der Waals surface area contributed by atoms with Gasteiger partial charge in [-0.3, -0.25) is 14.5 Å². The first-order valence-corrected chi connectivity index (χ1v) is 8.00. The summed E-state index contributed by atoms with van der Waals surface area (Å²) in [6.07, 6.45) is 0.679. The van der Waals surface area contributed by atoms with Gasteiger partial charge in [-0.1, -0.05) is 23.7 Å². The molecule has 0 aromatic heterocycles. The summed E-state index contributed by atoms with van der Waals surface area (Å²) in [6.45, 7) is 0.210. The second-order valence-corrected chi connectivity index (χ2v) is 6.28. The van der Waals surface area contributed by atoms with Crippen molar-refractivity contribution in [3.05, 3.63) is 53.1 Å². The zero-order chi connectivity index (χ0) is 16.7. The largest absolute Gasteiger partial charge is 0.454 e. The lowest BCUT2D eigenvalue weighted by Crippen LogP contribution is -2.30. The van der Waals surface area contributed by atoms with Crippen LogP contribution in [0.3, 0.4) is 0 Å². The third-order valence-electron chi connectivity index (χ3n) is 4.23. The van der Waals surface area contributed by atoms with Gasteiger partial charge in [-0.25, -0.2) is 0 Å². The van der Waals surface area contributed by atoms with E-state index in [2.05, 4.69) is 0 Å². The van der Waals surface area contributed by atoms with Crippen LogP contribution in [0, 0.1) is 5.92 Å². The molecule has 24 heavy (non-hydrogen) atoms. The Hall–Kier alpha value is -2.53. The highest BCUT2D eigenvalue weighted by Gasteiger charge is 2.39. The van der Waals surface area contributed by atoms with Gasteiger partial charge in [0.05, 0.1) is 11.6 Å². The number of carbonyl (C=O) groups is 2. The van der Waals surface area contributed by atoms with Crippen molar-refractivity contribution in [1.29, 1.82) is 0 Å². The number of rotatable bonds is 3. The van der Waals surface area contributed by atoms with Crippen LogP contribution in [-0.4, -0.2) is 18.6 Å². The lowest BCUT2D eigenvalue weighted by molar-refractivity contribution is -0.122. The van der Waals surface area contributed by atoms with Gasteiger partial charge in [-0.15, -0.1) is 0 Å². The Kier molecular flexibility index (Phi) is 3.65.